The highest BCUT2D eigenvalue weighted by atomic mass is 35.5. The molecule has 2 atom stereocenters. The zero-order valence-corrected chi connectivity index (χ0v) is 35.3. The molecule has 6 aromatic carbocycles. The molecule has 0 radical (unpaired) electrons. The van der Waals surface area contributed by atoms with E-state index < -0.39 is 29.4 Å². The number of carbonyl (C=O) groups excluding carboxylic acids is 2. The molecule has 62 heavy (non-hydrogen) atoms. The normalized spacial score (nSPS) is 14.1. The summed E-state index contributed by atoms with van der Waals surface area (Å²) in [6.07, 6.45) is -3.37. The van der Waals surface area contributed by atoms with Crippen LogP contribution in [0.5, 0.6) is 0 Å². The lowest BCUT2D eigenvalue weighted by Crippen LogP contribution is -2.46. The quantitative estimate of drug-likeness (QED) is 0.106. The van der Waals surface area contributed by atoms with E-state index in [4.69, 9.17) is 27.8 Å². The third-order valence-electron chi connectivity index (χ3n) is 11.0. The number of nitrogens with two attached hydrogens (primary N) is 2. The van der Waals surface area contributed by atoms with Gasteiger partial charge >= 0.3 is 6.18 Å². The van der Waals surface area contributed by atoms with Crippen LogP contribution in [0.25, 0.3) is 0 Å². The van der Waals surface area contributed by atoms with E-state index in [1.54, 1.807) is 53.4 Å². The van der Waals surface area contributed by atoms with Gasteiger partial charge in [-0.2, -0.15) is 13.2 Å². The highest BCUT2D eigenvalue weighted by Crippen LogP contribution is 2.33. The topological polar surface area (TPSA) is 122 Å². The molecule has 12 heteroatoms. The number of halogens is 4. The number of rotatable bonds is 13. The van der Waals surface area contributed by atoms with Crippen LogP contribution in [0.2, 0.25) is 5.02 Å². The second-order valence-electron chi connectivity index (χ2n) is 15.4. The van der Waals surface area contributed by atoms with Crippen molar-refractivity contribution in [1.82, 2.24) is 0 Å². The van der Waals surface area contributed by atoms with Crippen molar-refractivity contribution in [3.8, 4) is 0 Å². The van der Waals surface area contributed by atoms with Gasteiger partial charge in [-0.05, 0) is 114 Å². The molecule has 2 unspecified atom stereocenters. The molecular formula is C50H50ClF3N4O4. The second-order valence-corrected chi connectivity index (χ2v) is 15.9. The van der Waals surface area contributed by atoms with Gasteiger partial charge in [0.2, 0.25) is 11.8 Å². The number of alkyl halides is 3. The molecule has 2 amide bonds. The summed E-state index contributed by atoms with van der Waals surface area (Å²) in [5, 5.41) is 11.4. The average molecular weight is 863 g/mol. The van der Waals surface area contributed by atoms with E-state index in [9.17, 15) is 27.9 Å². The summed E-state index contributed by atoms with van der Waals surface area (Å²) in [7, 11) is 0. The van der Waals surface area contributed by atoms with Gasteiger partial charge in [0.25, 0.3) is 0 Å². The smallest absolute Gasteiger partial charge is 0.380 e. The van der Waals surface area contributed by atoms with E-state index in [0.29, 0.717) is 40.4 Å². The van der Waals surface area contributed by atoms with Gasteiger partial charge in [0, 0.05) is 29.5 Å². The van der Waals surface area contributed by atoms with Crippen molar-refractivity contribution in [3.05, 3.63) is 201 Å². The fourth-order valence-corrected chi connectivity index (χ4v) is 7.11. The average Bonchev–Trinajstić information content (AvgIpc) is 3.27. The van der Waals surface area contributed by atoms with Crippen LogP contribution in [-0.2, 0) is 38.9 Å². The molecule has 5 N–H and O–H groups in total. The predicted octanol–water partition coefficient (Wildman–Crippen LogP) is 9.43. The zero-order valence-electron chi connectivity index (χ0n) is 34.6. The number of ether oxygens (including phenoxy) is 1. The van der Waals surface area contributed by atoms with Crippen molar-refractivity contribution in [2.75, 3.05) is 36.1 Å². The minimum absolute atomic E-state index is 0.108. The predicted molar refractivity (Wildman–Crippen MR) is 239 cm³/mol. The SMILES string of the molecule is Cc1ccc(N(CCc2ccc(Cl)cc2)C(=O)C(N)c2ccccc2)cc1C.NC(C(=O)N(CCc1ccc(C(F)(F)F)cc1)c1cccc(C2(O)COC2)c1)c1ccccc1. The van der Waals surface area contributed by atoms with Crippen LogP contribution in [0.15, 0.2) is 152 Å². The lowest BCUT2D eigenvalue weighted by atomic mass is 9.91. The molecule has 1 fully saturated rings. The monoisotopic (exact) mass is 862 g/mol. The molecule has 322 valence electrons. The van der Waals surface area contributed by atoms with Crippen LogP contribution in [-0.4, -0.2) is 43.2 Å². The molecular weight excluding hydrogens is 813 g/mol. The minimum atomic E-state index is -4.41. The van der Waals surface area contributed by atoms with E-state index in [-0.39, 0.29) is 31.6 Å². The largest absolute Gasteiger partial charge is 0.416 e. The molecule has 0 aromatic heterocycles. The first-order chi connectivity index (χ1) is 29.6. The van der Waals surface area contributed by atoms with Gasteiger partial charge in [0.05, 0.1) is 18.8 Å². The van der Waals surface area contributed by atoms with E-state index in [1.807, 2.05) is 78.9 Å². The summed E-state index contributed by atoms with van der Waals surface area (Å²) in [5.41, 5.74) is 18.4. The third kappa shape index (κ3) is 11.5. The molecule has 8 nitrogen and oxygen atoms in total. The van der Waals surface area contributed by atoms with Gasteiger partial charge in [-0.25, -0.2) is 0 Å². The Morgan fingerprint density at radius 1 is 0.661 bits per heavy atom. The number of hydrogen-bond acceptors (Lipinski definition) is 6. The lowest BCUT2D eigenvalue weighted by Gasteiger charge is -2.37. The zero-order chi connectivity index (χ0) is 44.4. The Labute approximate surface area is 365 Å². The Bertz CT molecular complexity index is 2410. The number of amides is 2. The number of carbonyl (C=O) groups is 2. The van der Waals surface area contributed by atoms with Crippen LogP contribution in [0.1, 0.15) is 56.6 Å². The maximum Gasteiger partial charge on any atom is 0.416 e. The van der Waals surface area contributed by atoms with Crippen LogP contribution in [0.4, 0.5) is 24.5 Å². The Hall–Kier alpha value is -5.82. The highest BCUT2D eigenvalue weighted by molar-refractivity contribution is 6.30. The summed E-state index contributed by atoms with van der Waals surface area (Å²) in [5.74, 6) is -0.462. The van der Waals surface area contributed by atoms with Crippen LogP contribution in [0, 0.1) is 13.8 Å². The van der Waals surface area contributed by atoms with Crippen LogP contribution < -0.4 is 21.3 Å². The maximum absolute atomic E-state index is 13.5. The van der Waals surface area contributed by atoms with Crippen molar-refractivity contribution >= 4 is 34.8 Å². The summed E-state index contributed by atoms with van der Waals surface area (Å²) in [6.45, 7) is 5.19. The molecule has 0 bridgehead atoms. The van der Waals surface area contributed by atoms with Crippen molar-refractivity contribution in [2.45, 2.75) is 50.6 Å². The van der Waals surface area contributed by atoms with Crippen LogP contribution >= 0.6 is 11.6 Å². The van der Waals surface area contributed by atoms with Crippen molar-refractivity contribution in [3.63, 3.8) is 0 Å². The van der Waals surface area contributed by atoms with Gasteiger partial charge < -0.3 is 31.1 Å². The van der Waals surface area contributed by atoms with Gasteiger partial charge in [0.15, 0.2) is 0 Å². The summed E-state index contributed by atoms with van der Waals surface area (Å²) < 4.78 is 43.8. The van der Waals surface area contributed by atoms with Gasteiger partial charge in [-0.15, -0.1) is 0 Å². The fourth-order valence-electron chi connectivity index (χ4n) is 6.99. The minimum Gasteiger partial charge on any atom is -0.380 e. The van der Waals surface area contributed by atoms with Gasteiger partial charge in [0.1, 0.15) is 17.7 Å². The summed E-state index contributed by atoms with van der Waals surface area (Å²) in [6, 6.07) is 42.5. The number of anilines is 2. The van der Waals surface area contributed by atoms with Crippen molar-refractivity contribution < 1.29 is 32.6 Å². The first-order valence-corrected chi connectivity index (χ1v) is 20.6. The molecule has 7 rings (SSSR count). The van der Waals surface area contributed by atoms with Gasteiger partial charge in [-0.3, -0.25) is 9.59 Å². The Morgan fingerprint density at radius 3 is 1.60 bits per heavy atom. The molecule has 1 aliphatic rings. The molecule has 6 aromatic rings. The Kier molecular flexibility index (Phi) is 15.0. The van der Waals surface area contributed by atoms with E-state index >= 15 is 0 Å². The van der Waals surface area contributed by atoms with Crippen molar-refractivity contribution in [1.29, 1.82) is 0 Å². The molecule has 1 aliphatic heterocycles. The number of aryl methyl sites for hydroxylation is 2. The first kappa shape index (κ1) is 45.7. The molecule has 0 saturated carbocycles. The first-order valence-electron chi connectivity index (χ1n) is 20.3. The fraction of sp³-hybridized carbons (Fsp3) is 0.240. The van der Waals surface area contributed by atoms with E-state index in [1.165, 1.54) is 22.6 Å². The molecule has 0 aliphatic carbocycles. The van der Waals surface area contributed by atoms with E-state index in [2.05, 4.69) is 13.8 Å². The maximum atomic E-state index is 13.5. The number of hydrogen-bond donors (Lipinski definition) is 3. The van der Waals surface area contributed by atoms with E-state index in [0.717, 1.165) is 40.9 Å². The lowest BCUT2D eigenvalue weighted by molar-refractivity contribution is -0.184. The molecule has 0 spiro atoms. The van der Waals surface area contributed by atoms with Crippen LogP contribution in [0.3, 0.4) is 0 Å². The Balaban J connectivity index is 0.000000211. The molecule has 1 saturated heterocycles. The number of benzene rings is 6. The number of nitrogens with zero attached hydrogens (tertiary/aromatic N) is 2. The van der Waals surface area contributed by atoms with Gasteiger partial charge in [-0.1, -0.05) is 115 Å². The number of aliphatic hydroxyl groups is 1. The third-order valence-corrected chi connectivity index (χ3v) is 11.3. The highest BCUT2D eigenvalue weighted by Gasteiger charge is 2.38. The van der Waals surface area contributed by atoms with Crippen molar-refractivity contribution in [2.24, 2.45) is 11.5 Å². The second kappa shape index (κ2) is 20.4. The molecule has 1 heterocycles. The standard InChI is InChI=1S/C26H25F3N2O3.C24H25ClN2O/c27-26(28,29)20-11-9-18(10-12-20)13-14-31(24(32)23(30)19-5-2-1-3-6-19)22-8-4-7-21(15-22)25(33)16-34-17-25;1-17-8-13-22(16-18(17)2)27(15-14-19-9-11-21(25)12-10-19)24(28)23(26)20-6-4-3-5-7-20/h1-12,15,23,33H,13-14,16-17,30H2;3-13,16,23H,14-15,26H2,1-2H3. The summed E-state index contributed by atoms with van der Waals surface area (Å²) >= 11 is 5.98. The Morgan fingerprint density at radius 2 is 1.15 bits per heavy atom. The summed E-state index contributed by atoms with van der Waals surface area (Å²) in [4.78, 5) is 30.1.